The Kier molecular flexibility index (Phi) is 5.40. The molecule has 0 radical (unpaired) electrons. The molecule has 1 fully saturated rings. The summed E-state index contributed by atoms with van der Waals surface area (Å²) in [5, 5.41) is 0.358. The van der Waals surface area contributed by atoms with Gasteiger partial charge in [-0.05, 0) is 31.2 Å². The molecular weight excluding hydrogens is 272 g/mol. The highest BCUT2D eigenvalue weighted by Gasteiger charge is 2.23. The van der Waals surface area contributed by atoms with Gasteiger partial charge < -0.3 is 10.3 Å². The number of rotatable bonds is 5. The number of anilines is 1. The molecule has 5 heteroatoms. The van der Waals surface area contributed by atoms with E-state index in [1.54, 1.807) is 16.8 Å². The van der Waals surface area contributed by atoms with Gasteiger partial charge >= 0.3 is 0 Å². The normalized spacial score (nSPS) is 24.4. The monoisotopic (exact) mass is 296 g/mol. The van der Waals surface area contributed by atoms with E-state index in [-0.39, 0.29) is 5.56 Å². The van der Waals surface area contributed by atoms with Crippen LogP contribution in [0, 0.1) is 5.92 Å². The van der Waals surface area contributed by atoms with E-state index < -0.39 is 10.8 Å². The molecule has 0 aromatic carbocycles. The van der Waals surface area contributed by atoms with Crippen molar-refractivity contribution in [2.24, 2.45) is 5.92 Å². The first-order valence-electron chi connectivity index (χ1n) is 7.39. The molecule has 1 aliphatic rings. The summed E-state index contributed by atoms with van der Waals surface area (Å²) in [5.41, 5.74) is 6.22. The van der Waals surface area contributed by atoms with E-state index >= 15 is 0 Å². The van der Waals surface area contributed by atoms with E-state index in [0.29, 0.717) is 29.2 Å². The Balaban J connectivity index is 1.82. The number of pyridine rings is 1. The van der Waals surface area contributed by atoms with Gasteiger partial charge in [0.2, 0.25) is 0 Å². The maximum absolute atomic E-state index is 12.3. The molecule has 1 heterocycles. The van der Waals surface area contributed by atoms with Gasteiger partial charge in [-0.15, -0.1) is 0 Å². The van der Waals surface area contributed by atoms with Crippen molar-refractivity contribution < 1.29 is 4.21 Å². The van der Waals surface area contributed by atoms with Crippen molar-refractivity contribution in [1.82, 2.24) is 4.57 Å². The van der Waals surface area contributed by atoms with Crippen molar-refractivity contribution in [3.8, 4) is 0 Å². The average Bonchev–Trinajstić information content (AvgIpc) is 2.42. The SMILES string of the molecule is CC1CCCC(S(=O)CCCn2cc(N)ccc2=O)C1. The lowest BCUT2D eigenvalue weighted by atomic mass is 9.91. The molecule has 0 saturated heterocycles. The average molecular weight is 296 g/mol. The largest absolute Gasteiger partial charge is 0.398 e. The van der Waals surface area contributed by atoms with Crippen LogP contribution in [0.1, 0.15) is 39.0 Å². The Labute approximate surface area is 122 Å². The number of hydrogen-bond donors (Lipinski definition) is 1. The van der Waals surface area contributed by atoms with Crippen molar-refractivity contribution in [2.45, 2.75) is 50.8 Å². The van der Waals surface area contributed by atoms with Gasteiger partial charge in [0.05, 0.1) is 0 Å². The van der Waals surface area contributed by atoms with Gasteiger partial charge in [-0.25, -0.2) is 0 Å². The minimum absolute atomic E-state index is 0.0451. The first kappa shape index (κ1) is 15.3. The molecule has 112 valence electrons. The molecule has 4 nitrogen and oxygen atoms in total. The molecule has 3 unspecified atom stereocenters. The third-order valence-electron chi connectivity index (χ3n) is 4.01. The van der Waals surface area contributed by atoms with E-state index in [4.69, 9.17) is 5.73 Å². The zero-order valence-corrected chi connectivity index (χ0v) is 12.9. The summed E-state index contributed by atoms with van der Waals surface area (Å²) in [6.45, 7) is 2.84. The summed E-state index contributed by atoms with van der Waals surface area (Å²) in [6.07, 6.45) is 7.08. The summed E-state index contributed by atoms with van der Waals surface area (Å²) in [4.78, 5) is 11.6. The number of aromatic nitrogens is 1. The number of aryl methyl sites for hydroxylation is 1. The Morgan fingerprint density at radius 1 is 1.40 bits per heavy atom. The summed E-state index contributed by atoms with van der Waals surface area (Å²) in [7, 11) is -0.759. The van der Waals surface area contributed by atoms with Gasteiger partial charge in [0, 0.05) is 46.3 Å². The number of nitrogen functional groups attached to an aromatic ring is 1. The highest BCUT2D eigenvalue weighted by molar-refractivity contribution is 7.85. The van der Waals surface area contributed by atoms with E-state index in [2.05, 4.69) is 6.92 Å². The second-order valence-electron chi connectivity index (χ2n) is 5.83. The van der Waals surface area contributed by atoms with E-state index in [1.807, 2.05) is 0 Å². The van der Waals surface area contributed by atoms with Crippen molar-refractivity contribution >= 4 is 16.5 Å². The molecule has 20 heavy (non-hydrogen) atoms. The molecule has 0 amide bonds. The molecule has 2 N–H and O–H groups in total. The van der Waals surface area contributed by atoms with Gasteiger partial charge in [-0.1, -0.05) is 19.8 Å². The van der Waals surface area contributed by atoms with Crippen molar-refractivity contribution in [1.29, 1.82) is 0 Å². The van der Waals surface area contributed by atoms with E-state index in [1.165, 1.54) is 18.9 Å². The third kappa shape index (κ3) is 4.20. The lowest BCUT2D eigenvalue weighted by Crippen LogP contribution is -2.26. The molecule has 0 aliphatic heterocycles. The van der Waals surface area contributed by atoms with Gasteiger partial charge in [0.25, 0.3) is 5.56 Å². The van der Waals surface area contributed by atoms with E-state index in [0.717, 1.165) is 19.3 Å². The second kappa shape index (κ2) is 7.07. The highest BCUT2D eigenvalue weighted by atomic mass is 32.2. The van der Waals surface area contributed by atoms with Gasteiger partial charge in [-0.2, -0.15) is 0 Å². The molecule has 1 aliphatic carbocycles. The second-order valence-corrected chi connectivity index (χ2v) is 7.66. The van der Waals surface area contributed by atoms with Crippen molar-refractivity contribution in [3.05, 3.63) is 28.7 Å². The molecule has 1 aromatic rings. The maximum atomic E-state index is 12.3. The molecule has 0 spiro atoms. The Bertz CT molecular complexity index is 527. The molecular formula is C15H24N2O2S. The Hall–Kier alpha value is -1.10. The van der Waals surface area contributed by atoms with Crippen LogP contribution in [-0.4, -0.2) is 19.8 Å². The first-order chi connectivity index (χ1) is 9.56. The lowest BCUT2D eigenvalue weighted by Gasteiger charge is -2.26. The zero-order valence-electron chi connectivity index (χ0n) is 12.1. The van der Waals surface area contributed by atoms with Crippen LogP contribution in [0.5, 0.6) is 0 Å². The quantitative estimate of drug-likeness (QED) is 0.905. The summed E-state index contributed by atoms with van der Waals surface area (Å²) >= 11 is 0. The topological polar surface area (TPSA) is 65.1 Å². The predicted molar refractivity (Wildman–Crippen MR) is 84.2 cm³/mol. The van der Waals surface area contributed by atoms with Gasteiger partial charge in [0.15, 0.2) is 0 Å². The summed E-state index contributed by atoms with van der Waals surface area (Å²) in [6, 6.07) is 3.09. The molecule has 1 saturated carbocycles. The van der Waals surface area contributed by atoms with Crippen LogP contribution in [0.3, 0.4) is 0 Å². The number of hydrogen-bond acceptors (Lipinski definition) is 3. The molecule has 3 atom stereocenters. The third-order valence-corrected chi connectivity index (χ3v) is 5.87. The maximum Gasteiger partial charge on any atom is 0.250 e. The minimum Gasteiger partial charge on any atom is -0.398 e. The van der Waals surface area contributed by atoms with E-state index in [9.17, 15) is 9.00 Å². The van der Waals surface area contributed by atoms with Crippen LogP contribution in [-0.2, 0) is 17.3 Å². The van der Waals surface area contributed by atoms with Crippen LogP contribution in [0.25, 0.3) is 0 Å². The van der Waals surface area contributed by atoms with Crippen LogP contribution < -0.4 is 11.3 Å². The molecule has 0 bridgehead atoms. The minimum atomic E-state index is -0.759. The molecule has 1 aromatic heterocycles. The standard InChI is InChI=1S/C15H24N2O2S/c1-12-4-2-5-14(10-12)20(19)9-3-8-17-11-13(16)6-7-15(17)18/h6-7,11-12,14H,2-5,8-10,16H2,1H3. The zero-order chi connectivity index (χ0) is 14.5. The smallest absolute Gasteiger partial charge is 0.250 e. The summed E-state index contributed by atoms with van der Waals surface area (Å²) < 4.78 is 13.9. The number of nitrogens with two attached hydrogens (primary N) is 1. The lowest BCUT2D eigenvalue weighted by molar-refractivity contribution is 0.389. The van der Waals surface area contributed by atoms with Gasteiger partial charge in [0.1, 0.15) is 0 Å². The Morgan fingerprint density at radius 2 is 2.20 bits per heavy atom. The van der Waals surface area contributed by atoms with Crippen LogP contribution in [0.2, 0.25) is 0 Å². The van der Waals surface area contributed by atoms with Crippen LogP contribution in [0.4, 0.5) is 5.69 Å². The number of nitrogens with zero attached hydrogens (tertiary/aromatic N) is 1. The van der Waals surface area contributed by atoms with Crippen molar-refractivity contribution in [3.63, 3.8) is 0 Å². The fraction of sp³-hybridized carbons (Fsp3) is 0.667. The van der Waals surface area contributed by atoms with Gasteiger partial charge in [-0.3, -0.25) is 9.00 Å². The fourth-order valence-electron chi connectivity index (χ4n) is 2.89. The predicted octanol–water partition coefficient (Wildman–Crippen LogP) is 2.15. The van der Waals surface area contributed by atoms with Crippen LogP contribution in [0.15, 0.2) is 23.1 Å². The Morgan fingerprint density at radius 3 is 2.95 bits per heavy atom. The van der Waals surface area contributed by atoms with Crippen LogP contribution >= 0.6 is 0 Å². The summed E-state index contributed by atoms with van der Waals surface area (Å²) in [5.74, 6) is 1.38. The van der Waals surface area contributed by atoms with Crippen molar-refractivity contribution in [2.75, 3.05) is 11.5 Å². The highest BCUT2D eigenvalue weighted by Crippen LogP contribution is 2.27. The fourth-order valence-corrected chi connectivity index (χ4v) is 4.61. The molecule has 2 rings (SSSR count). The first-order valence-corrected chi connectivity index (χ1v) is 8.77.